The molecule has 0 aliphatic carbocycles. The summed E-state index contributed by atoms with van der Waals surface area (Å²) in [5.41, 5.74) is 0. The minimum absolute atomic E-state index is 0.00509. The zero-order valence-corrected chi connectivity index (χ0v) is 8.08. The van der Waals surface area contributed by atoms with Gasteiger partial charge < -0.3 is 9.84 Å². The number of benzene rings is 1. The molecule has 0 fully saturated rings. The van der Waals surface area contributed by atoms with Crippen molar-refractivity contribution < 1.29 is 19.4 Å². The van der Waals surface area contributed by atoms with E-state index in [2.05, 4.69) is 9.72 Å². The van der Waals surface area contributed by atoms with Gasteiger partial charge in [0.2, 0.25) is 5.88 Å². The summed E-state index contributed by atoms with van der Waals surface area (Å²) in [7, 11) is 0. The molecule has 5 heteroatoms. The molecule has 0 spiro atoms. The monoisotopic (exact) mass is 217 g/mol. The van der Waals surface area contributed by atoms with Crippen molar-refractivity contribution in [3.8, 4) is 5.88 Å². The lowest BCUT2D eigenvalue weighted by Gasteiger charge is -2.03. The van der Waals surface area contributed by atoms with Crippen LogP contribution in [0.2, 0.25) is 0 Å². The number of hydrogen-bond acceptors (Lipinski definition) is 4. The van der Waals surface area contributed by atoms with Crippen molar-refractivity contribution >= 4 is 22.7 Å². The highest BCUT2D eigenvalue weighted by molar-refractivity contribution is 6.29. The summed E-state index contributed by atoms with van der Waals surface area (Å²) in [6.45, 7) is 0. The summed E-state index contributed by atoms with van der Waals surface area (Å²) in [6, 6.07) is 8.84. The molecule has 2 aromatic rings. The number of carboxylic acid groups (broad SMARTS) is 1. The smallest absolute Gasteiger partial charge is 0.424 e. The third-order valence-corrected chi connectivity index (χ3v) is 2.00. The zero-order valence-electron chi connectivity index (χ0n) is 8.08. The Balaban J connectivity index is 2.45. The molecule has 0 amide bonds. The highest BCUT2D eigenvalue weighted by atomic mass is 16.6. The van der Waals surface area contributed by atoms with Crippen LogP contribution in [0.25, 0.3) is 10.8 Å². The van der Waals surface area contributed by atoms with Crippen LogP contribution >= 0.6 is 0 Å². The SMILES string of the molecule is O=C(O)C(=O)Oc1nccc2ccccc12. The third-order valence-electron chi connectivity index (χ3n) is 2.00. The number of carboxylic acids is 1. The number of hydrogen-bond donors (Lipinski definition) is 1. The van der Waals surface area contributed by atoms with E-state index in [1.54, 1.807) is 18.2 Å². The van der Waals surface area contributed by atoms with Gasteiger partial charge in [0.15, 0.2) is 0 Å². The Kier molecular flexibility index (Phi) is 2.51. The minimum Gasteiger partial charge on any atom is -0.473 e. The molecule has 0 unspecified atom stereocenters. The Bertz CT molecular complexity index is 559. The van der Waals surface area contributed by atoms with Gasteiger partial charge in [-0.3, -0.25) is 0 Å². The lowest BCUT2D eigenvalue weighted by atomic mass is 10.2. The van der Waals surface area contributed by atoms with E-state index >= 15 is 0 Å². The highest BCUT2D eigenvalue weighted by Crippen LogP contribution is 2.22. The molecule has 1 aromatic carbocycles. The molecule has 2 rings (SSSR count). The number of pyridine rings is 1. The van der Waals surface area contributed by atoms with Crippen molar-refractivity contribution in [2.24, 2.45) is 0 Å². The second kappa shape index (κ2) is 3.98. The minimum atomic E-state index is -1.64. The number of aromatic nitrogens is 1. The Morgan fingerprint density at radius 2 is 1.94 bits per heavy atom. The Hall–Kier alpha value is -2.43. The van der Waals surface area contributed by atoms with Gasteiger partial charge in [-0.2, -0.15) is 0 Å². The van der Waals surface area contributed by atoms with E-state index in [9.17, 15) is 9.59 Å². The zero-order chi connectivity index (χ0) is 11.5. The molecule has 0 aliphatic rings. The van der Waals surface area contributed by atoms with Crippen LogP contribution in [0, 0.1) is 0 Å². The van der Waals surface area contributed by atoms with Gasteiger partial charge in [-0.1, -0.05) is 18.2 Å². The quantitative estimate of drug-likeness (QED) is 0.574. The number of fused-ring (bicyclic) bond motifs is 1. The van der Waals surface area contributed by atoms with Gasteiger partial charge in [-0.25, -0.2) is 14.6 Å². The normalized spacial score (nSPS) is 10.0. The summed E-state index contributed by atoms with van der Waals surface area (Å²) in [4.78, 5) is 25.1. The van der Waals surface area contributed by atoms with E-state index in [1.807, 2.05) is 12.1 Å². The van der Waals surface area contributed by atoms with Crippen LogP contribution in [0.3, 0.4) is 0 Å². The maximum absolute atomic E-state index is 10.9. The molecule has 0 saturated heterocycles. The standard InChI is InChI=1S/C11H7NO4/c13-10(14)11(15)16-9-8-4-2-1-3-7(8)5-6-12-9/h1-6H,(H,13,14). The fraction of sp³-hybridized carbons (Fsp3) is 0. The molecule has 0 saturated carbocycles. The van der Waals surface area contributed by atoms with E-state index in [4.69, 9.17) is 5.11 Å². The van der Waals surface area contributed by atoms with Crippen LogP contribution in [-0.4, -0.2) is 22.0 Å². The number of rotatable bonds is 1. The first-order chi connectivity index (χ1) is 7.68. The lowest BCUT2D eigenvalue weighted by Crippen LogP contribution is -2.19. The van der Waals surface area contributed by atoms with E-state index in [-0.39, 0.29) is 5.88 Å². The second-order valence-corrected chi connectivity index (χ2v) is 3.03. The molecule has 80 valence electrons. The Labute approximate surface area is 90.3 Å². The first-order valence-electron chi connectivity index (χ1n) is 4.47. The Morgan fingerprint density at radius 3 is 2.69 bits per heavy atom. The number of carbonyl (C=O) groups excluding carboxylic acids is 1. The van der Waals surface area contributed by atoms with Crippen LogP contribution in [0.15, 0.2) is 36.5 Å². The van der Waals surface area contributed by atoms with Crippen molar-refractivity contribution in [2.45, 2.75) is 0 Å². The van der Waals surface area contributed by atoms with Crippen LogP contribution in [0.1, 0.15) is 0 Å². The molecule has 16 heavy (non-hydrogen) atoms. The van der Waals surface area contributed by atoms with Crippen molar-refractivity contribution in [1.82, 2.24) is 4.98 Å². The molecule has 1 N–H and O–H groups in total. The van der Waals surface area contributed by atoms with Crippen molar-refractivity contribution in [1.29, 1.82) is 0 Å². The summed E-state index contributed by atoms with van der Waals surface area (Å²) in [5, 5.41) is 9.83. The largest absolute Gasteiger partial charge is 0.473 e. The van der Waals surface area contributed by atoms with Gasteiger partial charge in [0.25, 0.3) is 0 Å². The molecule has 0 radical (unpaired) electrons. The van der Waals surface area contributed by atoms with Gasteiger partial charge >= 0.3 is 11.9 Å². The average molecular weight is 217 g/mol. The van der Waals surface area contributed by atoms with Crippen molar-refractivity contribution in [3.63, 3.8) is 0 Å². The van der Waals surface area contributed by atoms with E-state index < -0.39 is 11.9 Å². The number of ether oxygens (including phenoxy) is 1. The number of aliphatic carboxylic acids is 1. The summed E-state index contributed by atoms with van der Waals surface area (Å²) < 4.78 is 4.64. The second-order valence-electron chi connectivity index (χ2n) is 3.03. The number of nitrogens with zero attached hydrogens (tertiary/aromatic N) is 1. The van der Waals surface area contributed by atoms with Crippen LogP contribution in [0.5, 0.6) is 5.88 Å². The van der Waals surface area contributed by atoms with E-state index in [1.165, 1.54) is 6.20 Å². The summed E-state index contributed by atoms with van der Waals surface area (Å²) in [6.07, 6.45) is 1.45. The van der Waals surface area contributed by atoms with Gasteiger partial charge in [0.1, 0.15) is 0 Å². The highest BCUT2D eigenvalue weighted by Gasteiger charge is 2.16. The van der Waals surface area contributed by atoms with Gasteiger partial charge in [-0.05, 0) is 17.5 Å². The molecule has 0 atom stereocenters. The third kappa shape index (κ3) is 1.83. The number of carbonyl (C=O) groups is 2. The van der Waals surface area contributed by atoms with Crippen molar-refractivity contribution in [2.75, 3.05) is 0 Å². The summed E-state index contributed by atoms with van der Waals surface area (Å²) >= 11 is 0. The first kappa shape index (κ1) is 10.1. The van der Waals surface area contributed by atoms with Crippen LogP contribution in [0.4, 0.5) is 0 Å². The molecule has 5 nitrogen and oxygen atoms in total. The number of esters is 1. The molecule has 1 aromatic heterocycles. The predicted octanol–water partition coefficient (Wildman–Crippen LogP) is 1.22. The van der Waals surface area contributed by atoms with Gasteiger partial charge in [-0.15, -0.1) is 0 Å². The maximum atomic E-state index is 10.9. The molecular weight excluding hydrogens is 210 g/mol. The topological polar surface area (TPSA) is 76.5 Å². The Morgan fingerprint density at radius 1 is 1.19 bits per heavy atom. The fourth-order valence-electron chi connectivity index (χ4n) is 1.30. The van der Waals surface area contributed by atoms with Gasteiger partial charge in [0.05, 0.1) is 0 Å². The first-order valence-corrected chi connectivity index (χ1v) is 4.47. The lowest BCUT2D eigenvalue weighted by molar-refractivity contribution is -0.158. The average Bonchev–Trinajstić information content (AvgIpc) is 2.29. The molecule has 0 aliphatic heterocycles. The van der Waals surface area contributed by atoms with E-state index in [0.29, 0.717) is 5.39 Å². The maximum Gasteiger partial charge on any atom is 0.424 e. The van der Waals surface area contributed by atoms with E-state index in [0.717, 1.165) is 5.39 Å². The molecule has 1 heterocycles. The molecular formula is C11H7NO4. The van der Waals surface area contributed by atoms with Crippen LogP contribution < -0.4 is 4.74 Å². The van der Waals surface area contributed by atoms with Crippen LogP contribution in [-0.2, 0) is 9.59 Å². The van der Waals surface area contributed by atoms with Crippen molar-refractivity contribution in [3.05, 3.63) is 36.5 Å². The predicted molar refractivity (Wildman–Crippen MR) is 55.0 cm³/mol. The molecule has 0 bridgehead atoms. The summed E-state index contributed by atoms with van der Waals surface area (Å²) in [5.74, 6) is -2.98. The van der Waals surface area contributed by atoms with Gasteiger partial charge in [0, 0.05) is 11.6 Å². The fourth-order valence-corrected chi connectivity index (χ4v) is 1.30.